The Labute approximate surface area is 130 Å². The monoisotopic (exact) mass is 347 g/mol. The number of carbonyl (C=O) groups is 1. The molecular formula is C15H14BrN3O2. The van der Waals surface area contributed by atoms with Gasteiger partial charge in [0.25, 0.3) is 0 Å². The van der Waals surface area contributed by atoms with E-state index < -0.39 is 5.97 Å². The van der Waals surface area contributed by atoms with Crippen LogP contribution in [0.25, 0.3) is 0 Å². The molecular weight excluding hydrogens is 334 g/mol. The van der Waals surface area contributed by atoms with Crippen molar-refractivity contribution in [3.05, 3.63) is 52.4 Å². The number of hydrogen-bond donors (Lipinski definition) is 1. The predicted molar refractivity (Wildman–Crippen MR) is 82.7 cm³/mol. The lowest BCUT2D eigenvalue weighted by Gasteiger charge is -2.17. The minimum atomic E-state index is -1.05. The lowest BCUT2D eigenvalue weighted by atomic mass is 9.99. The van der Waals surface area contributed by atoms with E-state index in [1.807, 2.05) is 12.1 Å². The van der Waals surface area contributed by atoms with Crippen LogP contribution in [0.15, 0.2) is 41.1 Å². The van der Waals surface area contributed by atoms with Gasteiger partial charge in [0.2, 0.25) is 0 Å². The van der Waals surface area contributed by atoms with Gasteiger partial charge in [0.15, 0.2) is 5.69 Å². The summed E-state index contributed by atoms with van der Waals surface area (Å²) in [6.07, 6.45) is 3.90. The number of anilines is 1. The summed E-state index contributed by atoms with van der Waals surface area (Å²) in [5, 5.41) is 8.84. The molecule has 0 bridgehead atoms. The van der Waals surface area contributed by atoms with E-state index >= 15 is 0 Å². The van der Waals surface area contributed by atoms with Crippen molar-refractivity contribution in [2.45, 2.75) is 12.3 Å². The van der Waals surface area contributed by atoms with Gasteiger partial charge in [0.1, 0.15) is 5.82 Å². The molecule has 1 fully saturated rings. The molecule has 1 unspecified atom stereocenters. The molecule has 2 heterocycles. The molecule has 5 nitrogen and oxygen atoms in total. The third-order valence-corrected chi connectivity index (χ3v) is 4.18. The standard InChI is InChI=1S/C15H14BrN3O2/c16-12-3-1-2-10(6-12)11-4-5-19(9-11)14-8-17-13(7-18-14)15(20)21/h1-3,6-8,11H,4-5,9H2,(H,20,21). The van der Waals surface area contributed by atoms with E-state index in [1.54, 1.807) is 0 Å². The normalized spacial score (nSPS) is 18.0. The van der Waals surface area contributed by atoms with Crippen LogP contribution in [0.1, 0.15) is 28.4 Å². The molecule has 1 aliphatic rings. The molecule has 0 aliphatic carbocycles. The predicted octanol–water partition coefficient (Wildman–Crippen LogP) is 2.93. The van der Waals surface area contributed by atoms with E-state index in [9.17, 15) is 4.79 Å². The molecule has 0 saturated carbocycles. The first-order chi connectivity index (χ1) is 10.1. The second-order valence-corrected chi connectivity index (χ2v) is 5.97. The third-order valence-electron chi connectivity index (χ3n) is 3.69. The highest BCUT2D eigenvalue weighted by atomic mass is 79.9. The first kappa shape index (κ1) is 14.0. The lowest BCUT2D eigenvalue weighted by molar-refractivity contribution is 0.0690. The Morgan fingerprint density at radius 3 is 2.86 bits per heavy atom. The molecule has 108 valence electrons. The fourth-order valence-electron chi connectivity index (χ4n) is 2.60. The molecule has 0 spiro atoms. The van der Waals surface area contributed by atoms with Gasteiger partial charge in [-0.15, -0.1) is 0 Å². The van der Waals surface area contributed by atoms with E-state index in [4.69, 9.17) is 5.11 Å². The number of nitrogens with zero attached hydrogens (tertiary/aromatic N) is 3. The SMILES string of the molecule is O=C(O)c1cnc(N2CCC(c3cccc(Br)c3)C2)cn1. The molecule has 6 heteroatoms. The number of rotatable bonds is 3. The minimum absolute atomic E-state index is 0.0264. The van der Waals surface area contributed by atoms with Crippen LogP contribution in [-0.4, -0.2) is 34.1 Å². The Morgan fingerprint density at radius 1 is 1.33 bits per heavy atom. The fraction of sp³-hybridized carbons (Fsp3) is 0.267. The topological polar surface area (TPSA) is 66.3 Å². The van der Waals surface area contributed by atoms with Crippen molar-refractivity contribution in [1.29, 1.82) is 0 Å². The first-order valence-electron chi connectivity index (χ1n) is 6.69. The summed E-state index contributed by atoms with van der Waals surface area (Å²) >= 11 is 3.50. The molecule has 2 aromatic rings. The second kappa shape index (κ2) is 5.81. The van der Waals surface area contributed by atoms with Crippen LogP contribution in [0, 0.1) is 0 Å². The molecule has 1 N–H and O–H groups in total. The van der Waals surface area contributed by atoms with Gasteiger partial charge in [0, 0.05) is 23.5 Å². The van der Waals surface area contributed by atoms with Crippen LogP contribution in [0.3, 0.4) is 0 Å². The highest BCUT2D eigenvalue weighted by Gasteiger charge is 2.25. The molecule has 1 atom stereocenters. The average molecular weight is 348 g/mol. The second-order valence-electron chi connectivity index (χ2n) is 5.05. The molecule has 1 aromatic carbocycles. The summed E-state index contributed by atoms with van der Waals surface area (Å²) in [4.78, 5) is 21.0. The van der Waals surface area contributed by atoms with E-state index in [0.717, 1.165) is 29.8 Å². The number of hydrogen-bond acceptors (Lipinski definition) is 4. The summed E-state index contributed by atoms with van der Waals surface area (Å²) in [6.45, 7) is 1.77. The maximum absolute atomic E-state index is 10.8. The van der Waals surface area contributed by atoms with Gasteiger partial charge in [-0.05, 0) is 24.1 Å². The zero-order valence-corrected chi connectivity index (χ0v) is 12.8. The zero-order valence-electron chi connectivity index (χ0n) is 11.2. The van der Waals surface area contributed by atoms with Crippen LogP contribution in [0.2, 0.25) is 0 Å². The number of halogens is 1. The molecule has 1 saturated heterocycles. The first-order valence-corrected chi connectivity index (χ1v) is 7.48. The number of carboxylic acids is 1. The number of carboxylic acid groups (broad SMARTS) is 1. The number of aromatic nitrogens is 2. The van der Waals surface area contributed by atoms with Gasteiger partial charge in [-0.25, -0.2) is 14.8 Å². The van der Waals surface area contributed by atoms with Crippen molar-refractivity contribution in [1.82, 2.24) is 9.97 Å². The van der Waals surface area contributed by atoms with Gasteiger partial charge < -0.3 is 10.0 Å². The van der Waals surface area contributed by atoms with Crippen molar-refractivity contribution >= 4 is 27.7 Å². The maximum atomic E-state index is 10.8. The zero-order chi connectivity index (χ0) is 14.8. The molecule has 0 amide bonds. The van der Waals surface area contributed by atoms with Crippen molar-refractivity contribution < 1.29 is 9.90 Å². The largest absolute Gasteiger partial charge is 0.476 e. The highest BCUT2D eigenvalue weighted by molar-refractivity contribution is 9.10. The summed E-state index contributed by atoms with van der Waals surface area (Å²) in [5.41, 5.74) is 1.28. The van der Waals surface area contributed by atoms with Crippen LogP contribution < -0.4 is 4.90 Å². The summed E-state index contributed by atoms with van der Waals surface area (Å²) < 4.78 is 1.09. The molecule has 3 rings (SSSR count). The summed E-state index contributed by atoms with van der Waals surface area (Å²) in [6, 6.07) is 8.35. The lowest BCUT2D eigenvalue weighted by Crippen LogP contribution is -2.21. The van der Waals surface area contributed by atoms with Gasteiger partial charge in [-0.2, -0.15) is 0 Å². The Hall–Kier alpha value is -1.95. The van der Waals surface area contributed by atoms with Crippen LogP contribution in [0.5, 0.6) is 0 Å². The Balaban J connectivity index is 1.73. The number of aromatic carboxylic acids is 1. The van der Waals surface area contributed by atoms with E-state index in [-0.39, 0.29) is 5.69 Å². The van der Waals surface area contributed by atoms with Crippen LogP contribution in [-0.2, 0) is 0 Å². The maximum Gasteiger partial charge on any atom is 0.356 e. The highest BCUT2D eigenvalue weighted by Crippen LogP contribution is 2.30. The molecule has 0 radical (unpaired) electrons. The summed E-state index contributed by atoms with van der Waals surface area (Å²) in [5.74, 6) is 0.142. The summed E-state index contributed by atoms with van der Waals surface area (Å²) in [7, 11) is 0. The van der Waals surface area contributed by atoms with Gasteiger partial charge >= 0.3 is 5.97 Å². The minimum Gasteiger partial charge on any atom is -0.476 e. The quantitative estimate of drug-likeness (QED) is 0.924. The molecule has 1 aromatic heterocycles. The average Bonchev–Trinajstić information content (AvgIpc) is 2.97. The number of benzene rings is 1. The van der Waals surface area contributed by atoms with Crippen LogP contribution in [0.4, 0.5) is 5.82 Å². The van der Waals surface area contributed by atoms with Crippen molar-refractivity contribution in [2.75, 3.05) is 18.0 Å². The Kier molecular flexibility index (Phi) is 3.88. The van der Waals surface area contributed by atoms with Gasteiger partial charge in [-0.3, -0.25) is 0 Å². The van der Waals surface area contributed by atoms with E-state index in [2.05, 4.69) is 42.9 Å². The van der Waals surface area contributed by atoms with Crippen molar-refractivity contribution in [2.24, 2.45) is 0 Å². The smallest absolute Gasteiger partial charge is 0.356 e. The Bertz CT molecular complexity index is 660. The third kappa shape index (κ3) is 3.05. The van der Waals surface area contributed by atoms with E-state index in [0.29, 0.717) is 5.92 Å². The van der Waals surface area contributed by atoms with E-state index in [1.165, 1.54) is 18.0 Å². The van der Waals surface area contributed by atoms with Gasteiger partial charge in [0.05, 0.1) is 12.4 Å². The molecule has 21 heavy (non-hydrogen) atoms. The molecule has 1 aliphatic heterocycles. The van der Waals surface area contributed by atoms with Gasteiger partial charge in [-0.1, -0.05) is 28.1 Å². The fourth-order valence-corrected chi connectivity index (χ4v) is 3.01. The van der Waals surface area contributed by atoms with Crippen molar-refractivity contribution in [3.8, 4) is 0 Å². The van der Waals surface area contributed by atoms with Crippen LogP contribution >= 0.6 is 15.9 Å². The van der Waals surface area contributed by atoms with Crippen molar-refractivity contribution in [3.63, 3.8) is 0 Å². The Morgan fingerprint density at radius 2 is 2.19 bits per heavy atom.